The fraction of sp³-hybridized carbons (Fsp3) is 0.588. The van der Waals surface area contributed by atoms with Crippen LogP contribution < -0.4 is 5.32 Å². The molecule has 1 aromatic carbocycles. The van der Waals surface area contributed by atoms with Crippen LogP contribution >= 0.6 is 0 Å². The van der Waals surface area contributed by atoms with Gasteiger partial charge in [0.05, 0.1) is 12.7 Å². The van der Waals surface area contributed by atoms with E-state index in [9.17, 15) is 15.3 Å². The van der Waals surface area contributed by atoms with Gasteiger partial charge in [-0.15, -0.1) is 0 Å². The fourth-order valence-electron chi connectivity index (χ4n) is 3.17. The molecule has 2 aliphatic carbocycles. The molecule has 23 heavy (non-hydrogen) atoms. The number of aliphatic hydroxyl groups is 2. The van der Waals surface area contributed by atoms with E-state index in [2.05, 4.69) is 5.32 Å². The average molecular weight is 323 g/mol. The van der Waals surface area contributed by atoms with Gasteiger partial charge in [0.2, 0.25) is 0 Å². The van der Waals surface area contributed by atoms with E-state index in [1.165, 1.54) is 19.3 Å². The van der Waals surface area contributed by atoms with E-state index in [0.29, 0.717) is 11.6 Å². The molecule has 128 valence electrons. The number of aromatic hydroxyl groups is 1. The SMILES string of the molecule is CC(=O)O.OCc1c(O)ccc2c1CCC(NC1CCC1)C2O. The standard InChI is InChI=1S/C15H21NO3.C2H4O2/c17-8-12-10-4-6-13(16-9-2-1-3-9)15(19)11(10)5-7-14(12)18;1-2(3)4/h5,7,9,13,15-19H,1-4,6,8H2;1H3,(H,3,4). The van der Waals surface area contributed by atoms with Crippen LogP contribution in [0.3, 0.4) is 0 Å². The Morgan fingerprint density at radius 2 is 1.96 bits per heavy atom. The summed E-state index contributed by atoms with van der Waals surface area (Å²) in [6, 6.07) is 3.99. The largest absolute Gasteiger partial charge is 0.508 e. The van der Waals surface area contributed by atoms with Gasteiger partial charge in [0.1, 0.15) is 5.75 Å². The molecule has 6 nitrogen and oxygen atoms in total. The van der Waals surface area contributed by atoms with Crippen LogP contribution in [0.4, 0.5) is 0 Å². The normalized spacial score (nSPS) is 23.3. The van der Waals surface area contributed by atoms with Crippen molar-refractivity contribution in [1.82, 2.24) is 5.32 Å². The third-order valence-electron chi connectivity index (χ3n) is 4.56. The quantitative estimate of drug-likeness (QED) is 0.576. The van der Waals surface area contributed by atoms with E-state index in [1.807, 2.05) is 0 Å². The summed E-state index contributed by atoms with van der Waals surface area (Å²) in [5.41, 5.74) is 2.34. The third kappa shape index (κ3) is 4.22. The predicted octanol–water partition coefficient (Wildman–Crippen LogP) is 1.47. The van der Waals surface area contributed by atoms with Crippen molar-refractivity contribution in [2.45, 2.75) is 63.8 Å². The van der Waals surface area contributed by atoms with Crippen molar-refractivity contribution in [3.05, 3.63) is 28.8 Å². The molecule has 5 N–H and O–H groups in total. The van der Waals surface area contributed by atoms with Crippen LogP contribution in [0.5, 0.6) is 5.75 Å². The van der Waals surface area contributed by atoms with Crippen LogP contribution in [-0.4, -0.2) is 38.5 Å². The van der Waals surface area contributed by atoms with Gasteiger partial charge >= 0.3 is 0 Å². The lowest BCUT2D eigenvalue weighted by Gasteiger charge is -2.37. The zero-order valence-electron chi connectivity index (χ0n) is 13.3. The fourth-order valence-corrected chi connectivity index (χ4v) is 3.17. The minimum absolute atomic E-state index is 0.0916. The number of carboxylic acid groups (broad SMARTS) is 1. The zero-order valence-corrected chi connectivity index (χ0v) is 13.3. The highest BCUT2D eigenvalue weighted by Gasteiger charge is 2.32. The summed E-state index contributed by atoms with van der Waals surface area (Å²) in [4.78, 5) is 9.00. The number of benzene rings is 1. The molecule has 0 amide bonds. The Morgan fingerprint density at radius 3 is 2.48 bits per heavy atom. The molecule has 1 saturated carbocycles. The molecule has 1 fully saturated rings. The lowest BCUT2D eigenvalue weighted by Crippen LogP contribution is -2.47. The van der Waals surface area contributed by atoms with E-state index in [4.69, 9.17) is 9.90 Å². The van der Waals surface area contributed by atoms with Crippen LogP contribution in [0.25, 0.3) is 0 Å². The second kappa shape index (κ2) is 7.77. The van der Waals surface area contributed by atoms with Gasteiger partial charge in [-0.05, 0) is 42.9 Å². The maximum Gasteiger partial charge on any atom is 0.300 e. The lowest BCUT2D eigenvalue weighted by atomic mass is 9.81. The Hall–Kier alpha value is -1.63. The first-order valence-corrected chi connectivity index (χ1v) is 8.02. The number of nitrogens with one attached hydrogen (secondary N) is 1. The van der Waals surface area contributed by atoms with E-state index < -0.39 is 12.1 Å². The minimum Gasteiger partial charge on any atom is -0.508 e. The van der Waals surface area contributed by atoms with E-state index in [0.717, 1.165) is 30.9 Å². The van der Waals surface area contributed by atoms with Crippen LogP contribution in [0.2, 0.25) is 0 Å². The molecule has 1 aromatic rings. The number of hydrogen-bond donors (Lipinski definition) is 5. The molecule has 0 spiro atoms. The van der Waals surface area contributed by atoms with Crippen molar-refractivity contribution in [1.29, 1.82) is 0 Å². The molecule has 0 heterocycles. The first kappa shape index (κ1) is 17.7. The van der Waals surface area contributed by atoms with Crippen molar-refractivity contribution in [3.63, 3.8) is 0 Å². The van der Waals surface area contributed by atoms with E-state index >= 15 is 0 Å². The minimum atomic E-state index is -0.833. The Kier molecular flexibility index (Phi) is 5.98. The van der Waals surface area contributed by atoms with Crippen LogP contribution in [0.15, 0.2) is 12.1 Å². The van der Waals surface area contributed by atoms with Crippen molar-refractivity contribution in [3.8, 4) is 5.75 Å². The monoisotopic (exact) mass is 323 g/mol. The van der Waals surface area contributed by atoms with Crippen LogP contribution in [0, 0.1) is 0 Å². The number of rotatable bonds is 3. The summed E-state index contributed by atoms with van der Waals surface area (Å²) in [6.45, 7) is 0.905. The molecule has 0 saturated heterocycles. The molecule has 0 aliphatic heterocycles. The van der Waals surface area contributed by atoms with Crippen molar-refractivity contribution >= 4 is 5.97 Å². The highest BCUT2D eigenvalue weighted by Crippen LogP contribution is 2.36. The van der Waals surface area contributed by atoms with Crippen molar-refractivity contribution < 1.29 is 25.2 Å². The van der Waals surface area contributed by atoms with E-state index in [1.54, 1.807) is 12.1 Å². The smallest absolute Gasteiger partial charge is 0.300 e. The van der Waals surface area contributed by atoms with Gasteiger partial charge in [-0.3, -0.25) is 4.79 Å². The molecule has 2 unspecified atom stereocenters. The Balaban J connectivity index is 0.000000433. The van der Waals surface area contributed by atoms with Gasteiger partial charge in [-0.1, -0.05) is 12.5 Å². The highest BCUT2D eigenvalue weighted by atomic mass is 16.4. The molecule has 2 atom stereocenters. The second-order valence-corrected chi connectivity index (χ2v) is 6.19. The number of aliphatic carboxylic acids is 1. The average Bonchev–Trinajstić information content (AvgIpc) is 2.44. The van der Waals surface area contributed by atoms with Gasteiger partial charge in [0, 0.05) is 24.6 Å². The Labute approximate surface area is 135 Å². The molecule has 0 aromatic heterocycles. The van der Waals surface area contributed by atoms with Gasteiger partial charge in [-0.25, -0.2) is 0 Å². The topological polar surface area (TPSA) is 110 Å². The number of hydrogen-bond acceptors (Lipinski definition) is 5. The summed E-state index contributed by atoms with van der Waals surface area (Å²) in [5, 5.41) is 40.5. The Bertz CT molecular complexity index is 552. The number of carboxylic acids is 1. The van der Waals surface area contributed by atoms with E-state index in [-0.39, 0.29) is 18.4 Å². The summed E-state index contributed by atoms with van der Waals surface area (Å²) < 4.78 is 0. The molecule has 0 bridgehead atoms. The molecular formula is C17H25NO5. The number of aliphatic hydroxyl groups excluding tert-OH is 2. The first-order valence-electron chi connectivity index (χ1n) is 8.02. The third-order valence-corrected chi connectivity index (χ3v) is 4.56. The van der Waals surface area contributed by atoms with Crippen LogP contribution in [-0.2, 0) is 17.8 Å². The van der Waals surface area contributed by atoms with Crippen molar-refractivity contribution in [2.75, 3.05) is 0 Å². The predicted molar refractivity (Wildman–Crippen MR) is 85.2 cm³/mol. The maximum atomic E-state index is 10.5. The molecule has 0 radical (unpaired) electrons. The summed E-state index contributed by atoms with van der Waals surface area (Å²) in [6.07, 6.45) is 4.78. The molecule has 3 rings (SSSR count). The van der Waals surface area contributed by atoms with Crippen LogP contribution in [0.1, 0.15) is 55.4 Å². The first-order chi connectivity index (χ1) is 10.9. The summed E-state index contributed by atoms with van der Waals surface area (Å²) in [7, 11) is 0. The molecular weight excluding hydrogens is 298 g/mol. The molecule has 2 aliphatic rings. The van der Waals surface area contributed by atoms with Crippen molar-refractivity contribution in [2.24, 2.45) is 0 Å². The van der Waals surface area contributed by atoms with Gasteiger partial charge in [0.25, 0.3) is 5.97 Å². The lowest BCUT2D eigenvalue weighted by molar-refractivity contribution is -0.134. The summed E-state index contributed by atoms with van der Waals surface area (Å²) in [5.74, 6) is -0.709. The maximum absolute atomic E-state index is 10.5. The van der Waals surface area contributed by atoms with Gasteiger partial charge in [0.15, 0.2) is 0 Å². The number of carbonyl (C=O) groups is 1. The van der Waals surface area contributed by atoms with Gasteiger partial charge < -0.3 is 25.7 Å². The highest BCUT2D eigenvalue weighted by molar-refractivity contribution is 5.62. The number of phenols is 1. The van der Waals surface area contributed by atoms with Gasteiger partial charge in [-0.2, -0.15) is 0 Å². The second-order valence-electron chi connectivity index (χ2n) is 6.19. The zero-order chi connectivity index (χ0) is 17.0. The summed E-state index contributed by atoms with van der Waals surface area (Å²) >= 11 is 0. The molecule has 6 heteroatoms. The Morgan fingerprint density at radius 1 is 1.30 bits per heavy atom. The number of fused-ring (bicyclic) bond motifs is 1.